The molecular formula is C45H50S3. The molecule has 0 bridgehead atoms. The van der Waals surface area contributed by atoms with E-state index in [-0.39, 0.29) is 0 Å². The Hall–Kier alpha value is -3.11. The van der Waals surface area contributed by atoms with E-state index in [0.717, 1.165) is 35.0 Å². The zero-order chi connectivity index (χ0) is 33.4. The summed E-state index contributed by atoms with van der Waals surface area (Å²) in [6.45, 7) is 4.65. The van der Waals surface area contributed by atoms with Crippen molar-refractivity contribution in [3.63, 3.8) is 0 Å². The van der Waals surface area contributed by atoms with Crippen LogP contribution in [0.3, 0.4) is 0 Å². The normalized spacial score (nSPS) is 14.5. The quantitative estimate of drug-likeness (QED) is 0.0706. The van der Waals surface area contributed by atoms with Crippen molar-refractivity contribution in [2.45, 2.75) is 81.3 Å². The molecule has 3 heteroatoms. The van der Waals surface area contributed by atoms with E-state index in [1.54, 1.807) is 0 Å². The van der Waals surface area contributed by atoms with Gasteiger partial charge in [0.1, 0.15) is 3.53 Å². The van der Waals surface area contributed by atoms with Crippen LogP contribution in [0.2, 0.25) is 0 Å². The van der Waals surface area contributed by atoms with Crippen molar-refractivity contribution in [1.82, 2.24) is 0 Å². The summed E-state index contributed by atoms with van der Waals surface area (Å²) >= 11 is 9.76. The summed E-state index contributed by atoms with van der Waals surface area (Å²) in [6.07, 6.45) is 6.79. The maximum Gasteiger partial charge on any atom is 0.104 e. The van der Waals surface area contributed by atoms with Gasteiger partial charge in [-0.15, -0.1) is 11.8 Å². The number of hydrogen-bond donors (Lipinski definition) is 0. The van der Waals surface area contributed by atoms with E-state index in [0.29, 0.717) is 28.9 Å². The van der Waals surface area contributed by atoms with Crippen LogP contribution in [-0.2, 0) is 0 Å². The minimum atomic E-state index is 0.303. The van der Waals surface area contributed by atoms with Gasteiger partial charge < -0.3 is 0 Å². The van der Waals surface area contributed by atoms with Crippen LogP contribution in [0.1, 0.15) is 109 Å². The smallest absolute Gasteiger partial charge is 0.104 e. The van der Waals surface area contributed by atoms with Crippen LogP contribution in [0.4, 0.5) is 0 Å². The third-order valence-corrected chi connectivity index (χ3v) is 12.5. The Labute approximate surface area is 304 Å². The molecule has 0 radical (unpaired) electrons. The van der Waals surface area contributed by atoms with Crippen LogP contribution in [0.25, 0.3) is 0 Å². The molecule has 5 rings (SSSR count). The minimum Gasteiger partial charge on any atom is -0.108 e. The van der Waals surface area contributed by atoms with Crippen molar-refractivity contribution in [2.75, 3.05) is 5.75 Å². The Morgan fingerprint density at radius 1 is 0.500 bits per heavy atom. The molecule has 0 aliphatic carbocycles. The van der Waals surface area contributed by atoms with Crippen LogP contribution < -0.4 is 0 Å². The lowest BCUT2D eigenvalue weighted by molar-refractivity contribution is 0.423. The first-order chi connectivity index (χ1) is 23.6. The molecule has 5 aromatic rings. The molecule has 0 saturated heterocycles. The summed E-state index contributed by atoms with van der Waals surface area (Å²) in [4.78, 5) is 0. The first-order valence-corrected chi connectivity index (χ1v) is 20.0. The third kappa shape index (κ3) is 11.2. The van der Waals surface area contributed by atoms with Crippen LogP contribution in [-0.4, -0.2) is 9.28 Å². The highest BCUT2D eigenvalue weighted by Crippen LogP contribution is 2.46. The van der Waals surface area contributed by atoms with E-state index >= 15 is 0 Å². The van der Waals surface area contributed by atoms with Crippen LogP contribution >= 0.6 is 35.7 Å². The van der Waals surface area contributed by atoms with Crippen LogP contribution in [0.5, 0.6) is 0 Å². The van der Waals surface area contributed by atoms with Crippen molar-refractivity contribution in [3.05, 3.63) is 179 Å². The standard InChI is InChI=1S/C45H50S3/c1-3-4-30-47-45(46)48-44(40-28-18-9-19-29-40)34-43(39-26-16-8-17-27-39)33-42(38-24-14-7-15-25-38)32-41(37-22-12-6-13-23-37)31-35(2)36-20-10-5-11-21-36/h5-29,35,41-44H,3-4,30-34H2,1-2H3. The second-order valence-electron chi connectivity index (χ2n) is 13.0. The maximum absolute atomic E-state index is 5.99. The summed E-state index contributed by atoms with van der Waals surface area (Å²) in [7, 11) is 0. The van der Waals surface area contributed by atoms with E-state index in [4.69, 9.17) is 12.2 Å². The lowest BCUT2D eigenvalue weighted by atomic mass is 9.74. The fourth-order valence-corrected chi connectivity index (χ4v) is 9.86. The van der Waals surface area contributed by atoms with Gasteiger partial charge in [-0.2, -0.15) is 0 Å². The molecular weight excluding hydrogens is 637 g/mol. The second kappa shape index (κ2) is 19.8. The van der Waals surface area contributed by atoms with Crippen molar-refractivity contribution < 1.29 is 0 Å². The van der Waals surface area contributed by atoms with E-state index in [1.165, 1.54) is 40.7 Å². The average Bonchev–Trinajstić information content (AvgIpc) is 3.15. The Balaban J connectivity index is 1.47. The summed E-state index contributed by atoms with van der Waals surface area (Å²) < 4.78 is 1.07. The lowest BCUT2D eigenvalue weighted by Gasteiger charge is -2.31. The topological polar surface area (TPSA) is 0 Å². The predicted molar refractivity (Wildman–Crippen MR) is 218 cm³/mol. The van der Waals surface area contributed by atoms with Gasteiger partial charge >= 0.3 is 0 Å². The highest BCUT2D eigenvalue weighted by Gasteiger charge is 2.28. The van der Waals surface area contributed by atoms with E-state index in [2.05, 4.69) is 166 Å². The maximum atomic E-state index is 5.99. The number of unbranched alkanes of at least 4 members (excludes halogenated alkanes) is 1. The van der Waals surface area contributed by atoms with Gasteiger partial charge in [-0.25, -0.2) is 0 Å². The zero-order valence-electron chi connectivity index (χ0n) is 28.5. The first-order valence-electron chi connectivity index (χ1n) is 17.7. The molecule has 0 nitrogen and oxygen atoms in total. The summed E-state index contributed by atoms with van der Waals surface area (Å²) in [6, 6.07) is 56.0. The fraction of sp³-hybridized carbons (Fsp3) is 0.311. The highest BCUT2D eigenvalue weighted by atomic mass is 32.2. The molecule has 0 aliphatic rings. The highest BCUT2D eigenvalue weighted by molar-refractivity contribution is 8.47. The molecule has 0 amide bonds. The molecule has 0 saturated carbocycles. The van der Waals surface area contributed by atoms with Crippen molar-refractivity contribution in [3.8, 4) is 0 Å². The van der Waals surface area contributed by atoms with Crippen LogP contribution in [0.15, 0.2) is 152 Å². The Morgan fingerprint density at radius 3 is 1.31 bits per heavy atom. The molecule has 0 N–H and O–H groups in total. The Bertz CT molecular complexity index is 1590. The van der Waals surface area contributed by atoms with Crippen LogP contribution in [0, 0.1) is 0 Å². The van der Waals surface area contributed by atoms with Gasteiger partial charge in [0.05, 0.1) is 0 Å². The molecule has 0 fully saturated rings. The molecule has 48 heavy (non-hydrogen) atoms. The van der Waals surface area contributed by atoms with E-state index in [1.807, 2.05) is 23.5 Å². The monoisotopic (exact) mass is 686 g/mol. The molecule has 5 atom stereocenters. The fourth-order valence-electron chi connectivity index (χ4n) is 6.94. The van der Waals surface area contributed by atoms with E-state index in [9.17, 15) is 0 Å². The third-order valence-electron chi connectivity index (χ3n) is 9.58. The number of benzene rings is 5. The summed E-state index contributed by atoms with van der Waals surface area (Å²) in [5.41, 5.74) is 7.12. The predicted octanol–water partition coefficient (Wildman–Crippen LogP) is 14.0. The van der Waals surface area contributed by atoms with Crippen molar-refractivity contribution in [2.24, 2.45) is 0 Å². The molecule has 0 heterocycles. The number of thioether (sulfide) groups is 2. The molecule has 0 aromatic heterocycles. The molecule has 5 unspecified atom stereocenters. The average molecular weight is 687 g/mol. The van der Waals surface area contributed by atoms with E-state index < -0.39 is 0 Å². The second-order valence-corrected chi connectivity index (χ2v) is 16.5. The van der Waals surface area contributed by atoms with Gasteiger partial charge in [0.2, 0.25) is 0 Å². The summed E-state index contributed by atoms with van der Waals surface area (Å²) in [5, 5.41) is 0.303. The van der Waals surface area contributed by atoms with Gasteiger partial charge in [0, 0.05) is 5.25 Å². The molecule has 0 aliphatic heterocycles. The number of thiocarbonyl (C=S) groups is 1. The van der Waals surface area contributed by atoms with Gasteiger partial charge in [0.25, 0.3) is 0 Å². The number of rotatable bonds is 17. The first kappa shape index (κ1) is 36.2. The zero-order valence-corrected chi connectivity index (χ0v) is 30.9. The van der Waals surface area contributed by atoms with Gasteiger partial charge in [-0.3, -0.25) is 0 Å². The Morgan fingerprint density at radius 2 is 0.875 bits per heavy atom. The van der Waals surface area contributed by atoms with Gasteiger partial charge in [0.15, 0.2) is 0 Å². The van der Waals surface area contributed by atoms with Crippen molar-refractivity contribution in [1.29, 1.82) is 0 Å². The summed E-state index contributed by atoms with van der Waals surface area (Å²) in [5.74, 6) is 2.83. The minimum absolute atomic E-state index is 0.303. The van der Waals surface area contributed by atoms with Crippen molar-refractivity contribution >= 4 is 39.3 Å². The Kier molecular flexibility index (Phi) is 14.9. The molecule has 5 aromatic carbocycles. The largest absolute Gasteiger partial charge is 0.108 e. The SMILES string of the molecule is CCCCSC(=S)SC(CC(CC(CC(CC(C)c1ccccc1)c1ccccc1)c1ccccc1)c1ccccc1)c1ccccc1. The number of hydrogen-bond acceptors (Lipinski definition) is 3. The lowest BCUT2D eigenvalue weighted by Crippen LogP contribution is -2.15. The van der Waals surface area contributed by atoms with Gasteiger partial charge in [-0.05, 0) is 89.3 Å². The molecule has 248 valence electrons. The van der Waals surface area contributed by atoms with Gasteiger partial charge in [-0.1, -0.05) is 196 Å². The molecule has 0 spiro atoms.